The maximum atomic E-state index is 16.1. The largest absolute Gasteiger partial charge is 0.588 e. The highest BCUT2D eigenvalue weighted by Gasteiger charge is 2.56. The highest BCUT2D eigenvalue weighted by molar-refractivity contribution is 7.49. The zero-order valence-electron chi connectivity index (χ0n) is 70.7. The number of carbonyl (C=O) groups is 3. The van der Waals surface area contributed by atoms with E-state index in [1.54, 1.807) is 60.7 Å². The van der Waals surface area contributed by atoms with Gasteiger partial charge in [-0.1, -0.05) is 310 Å². The second-order valence-corrected chi connectivity index (χ2v) is 58.5. The Balaban J connectivity index is 2.36. The zero-order chi connectivity index (χ0) is 78.9. The third kappa shape index (κ3) is 48.8. The number of amides is 1. The second-order valence-electron chi connectivity index (χ2n) is 35.3. The molecular weight excluding hydrogens is 1440 g/mol. The van der Waals surface area contributed by atoms with Crippen molar-refractivity contribution in [3.8, 4) is 11.5 Å². The number of carbonyl (C=O) groups excluding carboxylic acids is 3. The Morgan fingerprint density at radius 1 is 0.458 bits per heavy atom. The normalized spacial score (nSPS) is 17.7. The van der Waals surface area contributed by atoms with Gasteiger partial charge in [0, 0.05) is 44.0 Å². The van der Waals surface area contributed by atoms with Gasteiger partial charge in [0.1, 0.15) is 50.1 Å². The molecule has 1 aliphatic rings. The van der Waals surface area contributed by atoms with Crippen LogP contribution in [0.5, 0.6) is 11.5 Å². The molecule has 1 amide bonds. The monoisotopic (exact) mass is 1590 g/mol. The van der Waals surface area contributed by atoms with E-state index >= 15 is 18.9 Å². The Morgan fingerprint density at radius 2 is 0.794 bits per heavy atom. The maximum Gasteiger partial charge on any atom is 0.588 e. The third-order valence-corrected chi connectivity index (χ3v) is 31.3. The quantitative estimate of drug-likeness (QED) is 0.0215. The minimum atomic E-state index is -4.93. The summed E-state index contributed by atoms with van der Waals surface area (Å²) >= 11 is 0. The average Bonchev–Trinajstić information content (AvgIpc) is 0.767. The molecule has 0 saturated carbocycles. The van der Waals surface area contributed by atoms with Crippen molar-refractivity contribution < 1.29 is 79.6 Å². The molecule has 2 aromatic rings. The molecule has 1 N–H and O–H groups in total. The molecule has 23 heteroatoms. The van der Waals surface area contributed by atoms with Crippen LogP contribution in [0, 0.1) is 0 Å². The van der Waals surface area contributed by atoms with Crippen molar-refractivity contribution in [1.82, 2.24) is 5.32 Å². The number of para-hydroxylation sites is 2. The lowest BCUT2D eigenvalue weighted by molar-refractivity contribution is -0.264. The molecule has 1 saturated heterocycles. The Bertz CT molecular complexity index is 2580. The van der Waals surface area contributed by atoms with Crippen LogP contribution in [-0.4, -0.2) is 146 Å². The summed E-state index contributed by atoms with van der Waals surface area (Å²) in [7, 11) is -11.9. The van der Waals surface area contributed by atoms with Crippen molar-refractivity contribution in [2.45, 2.75) is 398 Å². The second kappa shape index (κ2) is 55.6. The first-order chi connectivity index (χ1) is 50.8. The van der Waals surface area contributed by atoms with Crippen molar-refractivity contribution in [3.63, 3.8) is 0 Å². The first-order valence-corrected chi connectivity index (χ1v) is 57.7. The van der Waals surface area contributed by atoms with Crippen LogP contribution >= 0.6 is 7.82 Å². The van der Waals surface area contributed by atoms with E-state index in [0.29, 0.717) is 39.1 Å². The fraction of sp³-hybridized carbons (Fsp3) is 0.821. The summed E-state index contributed by atoms with van der Waals surface area (Å²) in [5, 5.41) is 2.89. The molecule has 0 radical (unpaired) electrons. The first-order valence-electron chi connectivity index (χ1n) is 42.2. The highest BCUT2D eigenvalue weighted by Crippen LogP contribution is 2.53. The summed E-state index contributed by atoms with van der Waals surface area (Å²) in [5.41, 5.74) is 0. The lowest BCUT2D eigenvalue weighted by Gasteiger charge is -2.46. The predicted molar refractivity (Wildman–Crippen MR) is 447 cm³/mol. The number of hydrogen-bond acceptors (Lipinski definition) is 17. The van der Waals surface area contributed by atoms with Gasteiger partial charge in [-0.05, 0) is 79.8 Å². The van der Waals surface area contributed by atoms with Gasteiger partial charge in [-0.3, -0.25) is 18.9 Å². The van der Waals surface area contributed by atoms with E-state index in [4.69, 9.17) is 60.6 Å². The van der Waals surface area contributed by atoms with E-state index in [2.05, 4.69) is 119 Å². The highest BCUT2D eigenvalue weighted by atomic mass is 31.2. The Kier molecular flexibility index (Phi) is 51.1. The summed E-state index contributed by atoms with van der Waals surface area (Å²) in [5.74, 6) is -1.58. The van der Waals surface area contributed by atoms with Crippen LogP contribution in [0.1, 0.15) is 253 Å². The SMILES string of the molecule is CCCCCCCCCCC[C@H](CC(=O)N[C@H]1[C@@H](OC(=O)C[C@@H](CCCCCCCCCCC)OCOCC[Si](C)(C)C)O[C@H](CO[Si](C)(C)C(C)(C)C)[C@@H](OP(=O)(Oc2ccccc2)Oc2ccccc2)[C@@H]1OC(=O)C[C@@H](CCCCCCCCCCC)OCOCC[Si](C)(C)C)OCOCC[Si](C)(C)C. The molecule has 107 heavy (non-hydrogen) atoms. The minimum absolute atomic E-state index is 0.00138. The van der Waals surface area contributed by atoms with Crippen LogP contribution in [0.2, 0.25) is 95.2 Å². The van der Waals surface area contributed by atoms with Crippen molar-refractivity contribution >= 4 is 58.2 Å². The fourth-order valence-electron chi connectivity index (χ4n) is 12.2. The number of phosphoric acid groups is 1. The van der Waals surface area contributed by atoms with Gasteiger partial charge < -0.3 is 61.4 Å². The molecule has 0 aliphatic carbocycles. The molecule has 0 aromatic heterocycles. The summed E-state index contributed by atoms with van der Waals surface area (Å²) in [6.45, 7) is 39.3. The number of nitrogens with one attached hydrogen (secondary N) is 1. The molecule has 0 bridgehead atoms. The van der Waals surface area contributed by atoms with E-state index in [1.165, 1.54) is 96.3 Å². The number of unbranched alkanes of at least 4 members (excludes halogenated alkanes) is 24. The van der Waals surface area contributed by atoms with E-state index in [-0.39, 0.29) is 62.8 Å². The summed E-state index contributed by atoms with van der Waals surface area (Å²) in [4.78, 5) is 46.4. The molecule has 8 atom stereocenters. The molecular formula is C84H156NO17PSi4. The Labute approximate surface area is 655 Å². The topological polar surface area (TPSA) is 200 Å². The molecule has 1 fully saturated rings. The number of esters is 2. The summed E-state index contributed by atoms with van der Waals surface area (Å²) in [6.07, 6.45) is 23.4. The third-order valence-electron chi connectivity index (χ3n) is 20.3. The van der Waals surface area contributed by atoms with Gasteiger partial charge in [0.05, 0.1) is 44.2 Å². The lowest BCUT2D eigenvalue weighted by atomic mass is 9.95. The van der Waals surface area contributed by atoms with Crippen LogP contribution in [0.3, 0.4) is 0 Å². The van der Waals surface area contributed by atoms with Gasteiger partial charge in [-0.2, -0.15) is 0 Å². The van der Waals surface area contributed by atoms with Crippen LogP contribution < -0.4 is 14.4 Å². The van der Waals surface area contributed by atoms with Gasteiger partial charge in [-0.15, -0.1) is 0 Å². The standard InChI is InChI=1S/C84H156NO17PSi4/c1-18-21-24-27-30-33-36-39-44-55-73(93-68-90-58-61-104(7,8)9)64-77(86)85-80-82(98-78(87)65-74(94-69-91-59-62-105(10,11)12)56-45-40-37-34-31-28-25-22-19-2)81(102-103(89,100-71-51-47-42-48-52-71)101-72-53-49-43-50-54-72)76(67-96-107(16,17)84(4,5)6)97-83(80)99-79(88)66-75(95-70-92-60-63-106(13,14)15)57-46-41-38-35-32-29-26-23-20-3/h42-43,47-54,73-76,80-83H,18-41,44-46,55-70H2,1-17H3,(H,85,86)/t73-,74-,75-,76-,80-,81-,82-,83-/m1/s1. The molecule has 620 valence electrons. The first kappa shape index (κ1) is 98.4. The Hall–Kier alpha value is -2.81. The summed E-state index contributed by atoms with van der Waals surface area (Å²) in [6, 6.07) is 18.4. The lowest BCUT2D eigenvalue weighted by Crippen LogP contribution is -2.67. The van der Waals surface area contributed by atoms with Crippen LogP contribution in [-0.2, 0) is 70.5 Å². The number of phosphoric ester groups is 1. The average molecular weight is 1600 g/mol. The minimum Gasteiger partial charge on any atom is -0.457 e. The van der Waals surface area contributed by atoms with Crippen molar-refractivity contribution in [1.29, 1.82) is 0 Å². The molecule has 0 spiro atoms. The number of rotatable bonds is 66. The van der Waals surface area contributed by atoms with E-state index in [9.17, 15) is 0 Å². The summed E-state index contributed by atoms with van der Waals surface area (Å²) < 4.78 is 101. The Morgan fingerprint density at radius 3 is 1.14 bits per heavy atom. The van der Waals surface area contributed by atoms with E-state index < -0.39 is 107 Å². The fourth-order valence-corrected chi connectivity index (χ4v) is 16.9. The zero-order valence-corrected chi connectivity index (χ0v) is 75.6. The van der Waals surface area contributed by atoms with Gasteiger partial charge in [0.15, 0.2) is 14.4 Å². The van der Waals surface area contributed by atoms with Crippen molar-refractivity contribution in [2.75, 3.05) is 46.8 Å². The predicted octanol–water partition coefficient (Wildman–Crippen LogP) is 23.3. The van der Waals surface area contributed by atoms with E-state index in [0.717, 1.165) is 95.2 Å². The van der Waals surface area contributed by atoms with Gasteiger partial charge in [0.25, 0.3) is 0 Å². The number of hydrogen-bond donors (Lipinski definition) is 1. The van der Waals surface area contributed by atoms with Crippen LogP contribution in [0.15, 0.2) is 60.7 Å². The molecule has 0 unspecified atom stereocenters. The number of ether oxygens (including phenoxy) is 9. The maximum absolute atomic E-state index is 16.1. The molecule has 18 nitrogen and oxygen atoms in total. The molecule has 1 aliphatic heterocycles. The number of benzene rings is 2. The van der Waals surface area contributed by atoms with Gasteiger partial charge in [-0.25, -0.2) is 4.57 Å². The molecule has 2 aromatic carbocycles. The van der Waals surface area contributed by atoms with Crippen molar-refractivity contribution in [2.24, 2.45) is 0 Å². The van der Waals surface area contributed by atoms with Gasteiger partial charge >= 0.3 is 19.8 Å². The van der Waals surface area contributed by atoms with Crippen LogP contribution in [0.25, 0.3) is 0 Å². The van der Waals surface area contributed by atoms with Gasteiger partial charge in [0.2, 0.25) is 12.2 Å². The van der Waals surface area contributed by atoms with Crippen LogP contribution in [0.4, 0.5) is 0 Å². The van der Waals surface area contributed by atoms with Crippen molar-refractivity contribution in [3.05, 3.63) is 60.7 Å². The van der Waals surface area contributed by atoms with E-state index in [1.807, 2.05) is 0 Å². The molecule has 3 rings (SSSR count). The molecule has 1 heterocycles. The smallest absolute Gasteiger partial charge is 0.457 e.